The van der Waals surface area contributed by atoms with Crippen LogP contribution in [0.15, 0.2) is 30.7 Å². The Kier molecular flexibility index (Phi) is 3.47. The van der Waals surface area contributed by atoms with E-state index in [1.54, 1.807) is 19.2 Å². The fourth-order valence-electron chi connectivity index (χ4n) is 1.51. The average molecular weight is 244 g/mol. The van der Waals surface area contributed by atoms with Crippen LogP contribution >= 0.6 is 0 Å². The fourth-order valence-corrected chi connectivity index (χ4v) is 1.51. The van der Waals surface area contributed by atoms with Crippen molar-refractivity contribution in [2.45, 2.75) is 13.5 Å². The number of pyridine rings is 1. The topological polar surface area (TPSA) is 88.0 Å². The largest absolute Gasteiger partial charge is 0.478 e. The Morgan fingerprint density at radius 1 is 1.39 bits per heavy atom. The van der Waals surface area contributed by atoms with E-state index in [1.165, 1.54) is 18.5 Å². The second-order valence-electron chi connectivity index (χ2n) is 3.68. The van der Waals surface area contributed by atoms with E-state index in [0.29, 0.717) is 18.1 Å². The Morgan fingerprint density at radius 3 is 2.94 bits per heavy atom. The van der Waals surface area contributed by atoms with Gasteiger partial charge >= 0.3 is 5.97 Å². The Labute approximate surface area is 104 Å². The van der Waals surface area contributed by atoms with Gasteiger partial charge in [0.25, 0.3) is 0 Å². The maximum Gasteiger partial charge on any atom is 0.337 e. The van der Waals surface area contributed by atoms with E-state index in [1.807, 2.05) is 0 Å². The molecule has 0 atom stereocenters. The molecule has 0 unspecified atom stereocenters. The van der Waals surface area contributed by atoms with E-state index in [2.05, 4.69) is 20.3 Å². The molecule has 6 heteroatoms. The quantitative estimate of drug-likeness (QED) is 0.847. The predicted molar refractivity (Wildman–Crippen MR) is 65.3 cm³/mol. The molecule has 0 aliphatic carbocycles. The molecule has 92 valence electrons. The van der Waals surface area contributed by atoms with Gasteiger partial charge in [-0.3, -0.25) is 4.98 Å². The summed E-state index contributed by atoms with van der Waals surface area (Å²) in [4.78, 5) is 23.1. The molecule has 0 amide bonds. The summed E-state index contributed by atoms with van der Waals surface area (Å²) in [5, 5.41) is 12.0. The fraction of sp³-hybridized carbons (Fsp3) is 0.167. The second-order valence-corrected chi connectivity index (χ2v) is 3.68. The van der Waals surface area contributed by atoms with Crippen LogP contribution in [0.3, 0.4) is 0 Å². The molecule has 0 saturated carbocycles. The number of carboxylic acids is 1. The molecule has 0 radical (unpaired) electrons. The number of anilines is 1. The number of carbonyl (C=O) groups is 1. The van der Waals surface area contributed by atoms with E-state index in [9.17, 15) is 4.79 Å². The van der Waals surface area contributed by atoms with Crippen molar-refractivity contribution < 1.29 is 9.90 Å². The van der Waals surface area contributed by atoms with Gasteiger partial charge in [-0.1, -0.05) is 0 Å². The first-order chi connectivity index (χ1) is 8.66. The van der Waals surface area contributed by atoms with Crippen LogP contribution in [-0.2, 0) is 6.54 Å². The molecule has 6 nitrogen and oxygen atoms in total. The van der Waals surface area contributed by atoms with E-state index < -0.39 is 5.97 Å². The molecule has 18 heavy (non-hydrogen) atoms. The number of nitrogens with one attached hydrogen (secondary N) is 1. The molecule has 2 heterocycles. The van der Waals surface area contributed by atoms with Crippen molar-refractivity contribution in [1.82, 2.24) is 15.0 Å². The monoisotopic (exact) mass is 244 g/mol. The van der Waals surface area contributed by atoms with Gasteiger partial charge in [-0.2, -0.15) is 0 Å². The van der Waals surface area contributed by atoms with E-state index in [4.69, 9.17) is 5.11 Å². The Bertz CT molecular complexity index is 572. The highest BCUT2D eigenvalue weighted by molar-refractivity contribution is 5.93. The standard InChI is InChI=1S/C12H12N4O2/c1-8-14-5-2-9(16-8)6-15-11-7-13-4-3-10(11)12(17)18/h2-5,7,15H,6H2,1H3,(H,17,18). The van der Waals surface area contributed by atoms with Gasteiger partial charge in [0.1, 0.15) is 5.82 Å². The molecular weight excluding hydrogens is 232 g/mol. The van der Waals surface area contributed by atoms with Gasteiger partial charge < -0.3 is 10.4 Å². The van der Waals surface area contributed by atoms with Gasteiger partial charge in [-0.05, 0) is 19.1 Å². The molecule has 0 aliphatic heterocycles. The van der Waals surface area contributed by atoms with E-state index >= 15 is 0 Å². The van der Waals surface area contributed by atoms with Crippen molar-refractivity contribution in [3.8, 4) is 0 Å². The van der Waals surface area contributed by atoms with Gasteiger partial charge in [0, 0.05) is 12.4 Å². The summed E-state index contributed by atoms with van der Waals surface area (Å²) < 4.78 is 0. The van der Waals surface area contributed by atoms with Crippen molar-refractivity contribution in [2.75, 3.05) is 5.32 Å². The molecular formula is C12H12N4O2. The van der Waals surface area contributed by atoms with Crippen LogP contribution in [0.4, 0.5) is 5.69 Å². The van der Waals surface area contributed by atoms with Gasteiger partial charge in [0.2, 0.25) is 0 Å². The molecule has 0 saturated heterocycles. The number of nitrogens with zero attached hydrogens (tertiary/aromatic N) is 3. The van der Waals surface area contributed by atoms with Crippen LogP contribution in [-0.4, -0.2) is 26.0 Å². The molecule has 0 spiro atoms. The molecule has 2 rings (SSSR count). The van der Waals surface area contributed by atoms with Gasteiger partial charge in [0.05, 0.1) is 29.7 Å². The first-order valence-electron chi connectivity index (χ1n) is 5.36. The molecule has 0 aromatic carbocycles. The van der Waals surface area contributed by atoms with Gasteiger partial charge in [-0.25, -0.2) is 14.8 Å². The summed E-state index contributed by atoms with van der Waals surface area (Å²) in [5.41, 5.74) is 1.46. The van der Waals surface area contributed by atoms with Crippen LogP contribution < -0.4 is 5.32 Å². The van der Waals surface area contributed by atoms with Gasteiger partial charge in [0.15, 0.2) is 0 Å². The molecule has 2 N–H and O–H groups in total. The number of aromatic nitrogens is 3. The molecule has 2 aromatic heterocycles. The van der Waals surface area contributed by atoms with Crippen molar-refractivity contribution in [1.29, 1.82) is 0 Å². The summed E-state index contributed by atoms with van der Waals surface area (Å²) in [6.45, 7) is 2.23. The number of hydrogen-bond acceptors (Lipinski definition) is 5. The third kappa shape index (κ3) is 2.79. The van der Waals surface area contributed by atoms with Gasteiger partial charge in [-0.15, -0.1) is 0 Å². The lowest BCUT2D eigenvalue weighted by molar-refractivity contribution is 0.0698. The zero-order valence-electron chi connectivity index (χ0n) is 9.79. The second kappa shape index (κ2) is 5.22. The normalized spacial score (nSPS) is 10.1. The molecule has 0 bridgehead atoms. The van der Waals surface area contributed by atoms with E-state index in [-0.39, 0.29) is 5.56 Å². The minimum absolute atomic E-state index is 0.191. The highest BCUT2D eigenvalue weighted by Crippen LogP contribution is 2.14. The summed E-state index contributed by atoms with van der Waals surface area (Å²) in [5.74, 6) is -0.308. The van der Waals surface area contributed by atoms with Crippen molar-refractivity contribution >= 4 is 11.7 Å². The molecule has 0 fully saturated rings. The molecule has 2 aromatic rings. The summed E-state index contributed by atoms with van der Waals surface area (Å²) in [6, 6.07) is 3.23. The Hall–Kier alpha value is -2.50. The lowest BCUT2D eigenvalue weighted by Gasteiger charge is -2.08. The first kappa shape index (κ1) is 12.0. The molecule has 0 aliphatic rings. The van der Waals surface area contributed by atoms with Crippen LogP contribution in [0.25, 0.3) is 0 Å². The third-order valence-electron chi connectivity index (χ3n) is 2.35. The highest BCUT2D eigenvalue weighted by Gasteiger charge is 2.09. The zero-order chi connectivity index (χ0) is 13.0. The minimum Gasteiger partial charge on any atom is -0.478 e. The number of rotatable bonds is 4. The summed E-state index contributed by atoms with van der Waals surface area (Å²) >= 11 is 0. The number of aryl methyl sites for hydroxylation is 1. The van der Waals surface area contributed by atoms with Crippen LogP contribution in [0.5, 0.6) is 0 Å². The number of aromatic carboxylic acids is 1. The Balaban J connectivity index is 2.13. The summed E-state index contributed by atoms with van der Waals surface area (Å²) in [7, 11) is 0. The van der Waals surface area contributed by atoms with Crippen LogP contribution in [0.1, 0.15) is 21.9 Å². The van der Waals surface area contributed by atoms with Crippen molar-refractivity contribution in [3.05, 3.63) is 47.8 Å². The lowest BCUT2D eigenvalue weighted by atomic mass is 10.2. The minimum atomic E-state index is -0.987. The van der Waals surface area contributed by atoms with Crippen LogP contribution in [0.2, 0.25) is 0 Å². The highest BCUT2D eigenvalue weighted by atomic mass is 16.4. The number of carboxylic acid groups (broad SMARTS) is 1. The maximum absolute atomic E-state index is 11.0. The zero-order valence-corrected chi connectivity index (χ0v) is 9.79. The predicted octanol–water partition coefficient (Wildman–Crippen LogP) is 1.49. The first-order valence-corrected chi connectivity index (χ1v) is 5.36. The SMILES string of the molecule is Cc1nccc(CNc2cnccc2C(=O)O)n1. The van der Waals surface area contributed by atoms with Crippen molar-refractivity contribution in [2.24, 2.45) is 0 Å². The van der Waals surface area contributed by atoms with Crippen LogP contribution in [0, 0.1) is 6.92 Å². The lowest BCUT2D eigenvalue weighted by Crippen LogP contribution is -2.08. The smallest absolute Gasteiger partial charge is 0.337 e. The number of hydrogen-bond donors (Lipinski definition) is 2. The maximum atomic E-state index is 11.0. The van der Waals surface area contributed by atoms with E-state index in [0.717, 1.165) is 5.69 Å². The summed E-state index contributed by atoms with van der Waals surface area (Å²) in [6.07, 6.45) is 4.60. The third-order valence-corrected chi connectivity index (χ3v) is 2.35. The Morgan fingerprint density at radius 2 is 2.22 bits per heavy atom. The average Bonchev–Trinajstić information content (AvgIpc) is 2.37. The van der Waals surface area contributed by atoms with Crippen molar-refractivity contribution in [3.63, 3.8) is 0 Å².